The minimum Gasteiger partial charge on any atom is -0.370 e. The Balaban J connectivity index is 0.00000180. The van der Waals surface area contributed by atoms with E-state index in [0.717, 1.165) is 30.8 Å². The summed E-state index contributed by atoms with van der Waals surface area (Å²) < 4.78 is 0. The van der Waals surface area contributed by atoms with Gasteiger partial charge in [0.15, 0.2) is 5.96 Å². The van der Waals surface area contributed by atoms with Gasteiger partial charge in [-0.1, -0.05) is 32.6 Å². The zero-order chi connectivity index (χ0) is 12.8. The summed E-state index contributed by atoms with van der Waals surface area (Å²) in [6.07, 6.45) is 11.0. The molecule has 3 nitrogen and oxygen atoms in total. The molecule has 0 spiro atoms. The van der Waals surface area contributed by atoms with E-state index >= 15 is 0 Å². The van der Waals surface area contributed by atoms with Crippen LogP contribution in [0.25, 0.3) is 0 Å². The van der Waals surface area contributed by atoms with Gasteiger partial charge in [-0.25, -0.2) is 0 Å². The van der Waals surface area contributed by atoms with Crippen LogP contribution in [0, 0.1) is 17.8 Å². The lowest BCUT2D eigenvalue weighted by Crippen LogP contribution is -2.37. The van der Waals surface area contributed by atoms with Crippen molar-refractivity contribution in [1.29, 1.82) is 0 Å². The lowest BCUT2D eigenvalue weighted by Gasteiger charge is -2.28. The van der Waals surface area contributed by atoms with E-state index in [-0.39, 0.29) is 24.0 Å². The number of guanidine groups is 1. The van der Waals surface area contributed by atoms with Gasteiger partial charge in [0.25, 0.3) is 0 Å². The van der Waals surface area contributed by atoms with Gasteiger partial charge >= 0.3 is 0 Å². The lowest BCUT2D eigenvalue weighted by molar-refractivity contribution is 0.269. The largest absolute Gasteiger partial charge is 0.370 e. The van der Waals surface area contributed by atoms with Crippen LogP contribution in [0.15, 0.2) is 4.99 Å². The zero-order valence-electron chi connectivity index (χ0n) is 12.2. The van der Waals surface area contributed by atoms with Crippen LogP contribution in [0.1, 0.15) is 58.3 Å². The van der Waals surface area contributed by atoms with Gasteiger partial charge in [-0.2, -0.15) is 0 Å². The SMILES string of the molecule is CCC1CCC(CNC(N)=NCC2CCC2)CC1.I. The monoisotopic (exact) mass is 379 g/mol. The number of hydrogen-bond donors (Lipinski definition) is 2. The Labute approximate surface area is 135 Å². The fraction of sp³-hybridized carbons (Fsp3) is 0.933. The Morgan fingerprint density at radius 2 is 1.68 bits per heavy atom. The van der Waals surface area contributed by atoms with Crippen LogP contribution in [0.5, 0.6) is 0 Å². The molecule has 19 heavy (non-hydrogen) atoms. The predicted octanol–water partition coefficient (Wildman–Crippen LogP) is 3.53. The molecule has 3 N–H and O–H groups in total. The molecule has 2 aliphatic rings. The molecule has 0 radical (unpaired) electrons. The van der Waals surface area contributed by atoms with Crippen molar-refractivity contribution < 1.29 is 0 Å². The molecule has 4 heteroatoms. The Morgan fingerprint density at radius 3 is 2.21 bits per heavy atom. The molecule has 0 bridgehead atoms. The van der Waals surface area contributed by atoms with Crippen molar-refractivity contribution in [3.8, 4) is 0 Å². The minimum atomic E-state index is 0. The van der Waals surface area contributed by atoms with Gasteiger partial charge in [0.1, 0.15) is 0 Å². The Kier molecular flexibility index (Phi) is 8.11. The molecule has 2 rings (SSSR count). The van der Waals surface area contributed by atoms with Gasteiger partial charge in [-0.05, 0) is 43.4 Å². The Hall–Kier alpha value is 0. The number of aliphatic imine (C=N–C) groups is 1. The Morgan fingerprint density at radius 1 is 1.05 bits per heavy atom. The van der Waals surface area contributed by atoms with E-state index < -0.39 is 0 Å². The lowest BCUT2D eigenvalue weighted by atomic mass is 9.81. The van der Waals surface area contributed by atoms with Crippen molar-refractivity contribution in [2.45, 2.75) is 58.3 Å². The first kappa shape index (κ1) is 17.1. The zero-order valence-corrected chi connectivity index (χ0v) is 14.6. The molecule has 0 aliphatic heterocycles. The summed E-state index contributed by atoms with van der Waals surface area (Å²) in [7, 11) is 0. The molecule has 0 aromatic heterocycles. The van der Waals surface area contributed by atoms with Crippen LogP contribution < -0.4 is 11.1 Å². The van der Waals surface area contributed by atoms with Crippen molar-refractivity contribution in [1.82, 2.24) is 5.32 Å². The topological polar surface area (TPSA) is 50.4 Å². The highest BCUT2D eigenvalue weighted by Crippen LogP contribution is 2.30. The highest BCUT2D eigenvalue weighted by molar-refractivity contribution is 14.0. The van der Waals surface area contributed by atoms with E-state index in [1.165, 1.54) is 51.4 Å². The molecular weight excluding hydrogens is 349 g/mol. The standard InChI is InChI=1S/C15H29N3.HI/c1-2-12-6-8-14(9-7-12)11-18-15(16)17-10-13-4-3-5-13;/h12-14H,2-11H2,1H3,(H3,16,17,18);1H. The van der Waals surface area contributed by atoms with E-state index in [9.17, 15) is 0 Å². The molecule has 0 unspecified atom stereocenters. The van der Waals surface area contributed by atoms with Crippen molar-refractivity contribution in [2.24, 2.45) is 28.5 Å². The van der Waals surface area contributed by atoms with Gasteiger partial charge in [0.2, 0.25) is 0 Å². The summed E-state index contributed by atoms with van der Waals surface area (Å²) in [5, 5.41) is 3.32. The smallest absolute Gasteiger partial charge is 0.188 e. The fourth-order valence-electron chi connectivity index (χ4n) is 3.05. The maximum atomic E-state index is 5.91. The van der Waals surface area contributed by atoms with E-state index in [1.54, 1.807) is 0 Å². The number of nitrogens with one attached hydrogen (secondary N) is 1. The molecule has 0 atom stereocenters. The van der Waals surface area contributed by atoms with E-state index in [0.29, 0.717) is 5.96 Å². The van der Waals surface area contributed by atoms with Crippen LogP contribution in [0.2, 0.25) is 0 Å². The van der Waals surface area contributed by atoms with Crippen molar-refractivity contribution in [3.63, 3.8) is 0 Å². The molecule has 0 saturated heterocycles. The van der Waals surface area contributed by atoms with Crippen LogP contribution >= 0.6 is 24.0 Å². The van der Waals surface area contributed by atoms with Gasteiger partial charge in [-0.3, -0.25) is 4.99 Å². The quantitative estimate of drug-likeness (QED) is 0.436. The van der Waals surface area contributed by atoms with Gasteiger partial charge in [-0.15, -0.1) is 24.0 Å². The number of rotatable bonds is 5. The average Bonchev–Trinajstić information content (AvgIpc) is 2.35. The van der Waals surface area contributed by atoms with E-state index in [4.69, 9.17) is 5.73 Å². The second kappa shape index (κ2) is 9.03. The summed E-state index contributed by atoms with van der Waals surface area (Å²) in [6.45, 7) is 4.27. The molecule has 2 saturated carbocycles. The first-order chi connectivity index (χ1) is 8.78. The molecule has 112 valence electrons. The molecule has 0 aromatic rings. The minimum absolute atomic E-state index is 0. The second-order valence-corrected chi connectivity index (χ2v) is 6.20. The van der Waals surface area contributed by atoms with Gasteiger partial charge in [0, 0.05) is 13.1 Å². The Bertz CT molecular complexity index is 269. The van der Waals surface area contributed by atoms with Gasteiger partial charge < -0.3 is 11.1 Å². The van der Waals surface area contributed by atoms with Crippen LogP contribution in [-0.2, 0) is 0 Å². The van der Waals surface area contributed by atoms with Gasteiger partial charge in [0.05, 0.1) is 0 Å². The molecular formula is C15H30IN3. The average molecular weight is 379 g/mol. The maximum Gasteiger partial charge on any atom is 0.188 e. The number of hydrogen-bond acceptors (Lipinski definition) is 1. The normalized spacial score (nSPS) is 28.4. The molecule has 0 amide bonds. The number of nitrogens with two attached hydrogens (primary N) is 1. The number of halogens is 1. The van der Waals surface area contributed by atoms with Crippen molar-refractivity contribution in [3.05, 3.63) is 0 Å². The third kappa shape index (κ3) is 5.88. The third-order valence-corrected chi connectivity index (χ3v) is 4.86. The van der Waals surface area contributed by atoms with E-state index in [2.05, 4.69) is 17.2 Å². The molecule has 2 aliphatic carbocycles. The molecule has 2 fully saturated rings. The van der Waals surface area contributed by atoms with E-state index in [1.807, 2.05) is 0 Å². The second-order valence-electron chi connectivity index (χ2n) is 6.20. The summed E-state index contributed by atoms with van der Waals surface area (Å²) in [5.41, 5.74) is 5.91. The maximum absolute atomic E-state index is 5.91. The first-order valence-electron chi connectivity index (χ1n) is 7.81. The van der Waals surface area contributed by atoms with Crippen LogP contribution in [0.4, 0.5) is 0 Å². The summed E-state index contributed by atoms with van der Waals surface area (Å²) in [5.74, 6) is 3.26. The summed E-state index contributed by atoms with van der Waals surface area (Å²) in [6, 6.07) is 0. The highest BCUT2D eigenvalue weighted by atomic mass is 127. The molecule has 0 aromatic carbocycles. The summed E-state index contributed by atoms with van der Waals surface area (Å²) >= 11 is 0. The fourth-order valence-corrected chi connectivity index (χ4v) is 3.05. The van der Waals surface area contributed by atoms with Crippen LogP contribution in [0.3, 0.4) is 0 Å². The third-order valence-electron chi connectivity index (χ3n) is 4.86. The first-order valence-corrected chi connectivity index (χ1v) is 7.81. The van der Waals surface area contributed by atoms with Crippen molar-refractivity contribution in [2.75, 3.05) is 13.1 Å². The van der Waals surface area contributed by atoms with Crippen molar-refractivity contribution >= 4 is 29.9 Å². The predicted molar refractivity (Wildman–Crippen MR) is 93.0 cm³/mol. The summed E-state index contributed by atoms with van der Waals surface area (Å²) in [4.78, 5) is 4.44. The molecule has 0 heterocycles. The van der Waals surface area contributed by atoms with Crippen LogP contribution in [-0.4, -0.2) is 19.0 Å². The number of nitrogens with zero attached hydrogens (tertiary/aromatic N) is 1. The highest BCUT2D eigenvalue weighted by Gasteiger charge is 2.20.